The summed E-state index contributed by atoms with van der Waals surface area (Å²) in [7, 11) is 1.99. The summed E-state index contributed by atoms with van der Waals surface area (Å²) in [5, 5.41) is 11.7. The Kier molecular flexibility index (Phi) is 6.62. The fourth-order valence-electron chi connectivity index (χ4n) is 2.75. The molecule has 2 N–H and O–H groups in total. The van der Waals surface area contributed by atoms with Crippen LogP contribution in [0.15, 0.2) is 22.4 Å². The molecular formula is C15H20N4O5S. The first-order valence-corrected chi connectivity index (χ1v) is 8.53. The lowest BCUT2D eigenvalue weighted by Gasteiger charge is -2.19. The summed E-state index contributed by atoms with van der Waals surface area (Å²) in [6.07, 6.45) is 1.71. The Morgan fingerprint density at radius 1 is 1.56 bits per heavy atom. The molecule has 2 atom stereocenters. The molecule has 3 heterocycles. The summed E-state index contributed by atoms with van der Waals surface area (Å²) < 4.78 is 7.32. The van der Waals surface area contributed by atoms with E-state index < -0.39 is 5.56 Å². The summed E-state index contributed by atoms with van der Waals surface area (Å²) in [4.78, 5) is 39.1. The van der Waals surface area contributed by atoms with Crippen LogP contribution in [0.2, 0.25) is 0 Å². The monoisotopic (exact) mass is 368 g/mol. The van der Waals surface area contributed by atoms with Crippen molar-refractivity contribution < 1.29 is 19.4 Å². The number of carbonyl (C=O) groups is 2. The van der Waals surface area contributed by atoms with E-state index in [1.807, 2.05) is 14.0 Å². The van der Waals surface area contributed by atoms with E-state index in [4.69, 9.17) is 14.6 Å². The van der Waals surface area contributed by atoms with Crippen LogP contribution in [0.25, 0.3) is 4.96 Å². The zero-order valence-corrected chi connectivity index (χ0v) is 14.7. The molecule has 0 radical (unpaired) electrons. The summed E-state index contributed by atoms with van der Waals surface area (Å²) >= 11 is 1.32. The van der Waals surface area contributed by atoms with E-state index in [0.29, 0.717) is 17.3 Å². The molecule has 1 aliphatic heterocycles. The second kappa shape index (κ2) is 8.70. The summed E-state index contributed by atoms with van der Waals surface area (Å²) in [6, 6.07) is 1.18. The number of aromatic nitrogens is 2. The van der Waals surface area contributed by atoms with Crippen molar-refractivity contribution in [3.8, 4) is 0 Å². The number of likely N-dealkylation sites (tertiary alicyclic amines) is 1. The lowest BCUT2D eigenvalue weighted by Crippen LogP contribution is -2.44. The van der Waals surface area contributed by atoms with E-state index in [0.717, 1.165) is 13.1 Å². The maximum Gasteiger partial charge on any atom is 0.290 e. The number of hydrogen-bond donors (Lipinski definition) is 2. The molecule has 25 heavy (non-hydrogen) atoms. The van der Waals surface area contributed by atoms with Gasteiger partial charge in [0.2, 0.25) is 0 Å². The topological polar surface area (TPSA) is 113 Å². The zero-order valence-electron chi connectivity index (χ0n) is 13.9. The minimum atomic E-state index is -0.405. The van der Waals surface area contributed by atoms with Crippen LogP contribution >= 0.6 is 11.3 Å². The lowest BCUT2D eigenvalue weighted by molar-refractivity contribution is -0.122. The maximum atomic E-state index is 12.6. The van der Waals surface area contributed by atoms with Gasteiger partial charge in [-0.05, 0) is 14.0 Å². The first-order chi connectivity index (χ1) is 12.0. The molecule has 2 aromatic heterocycles. The molecule has 0 saturated carbocycles. The average molecular weight is 368 g/mol. The van der Waals surface area contributed by atoms with Crippen molar-refractivity contribution in [1.29, 1.82) is 0 Å². The molecular weight excluding hydrogens is 348 g/mol. The highest BCUT2D eigenvalue weighted by Crippen LogP contribution is 2.14. The molecule has 1 amide bonds. The lowest BCUT2D eigenvalue weighted by atomic mass is 10.2. The van der Waals surface area contributed by atoms with Gasteiger partial charge in [-0.2, -0.15) is 4.98 Å². The molecule has 0 spiro atoms. The van der Waals surface area contributed by atoms with Crippen LogP contribution in [0.3, 0.4) is 0 Å². The number of hydrogen-bond acceptors (Lipinski definition) is 7. The highest BCUT2D eigenvalue weighted by molar-refractivity contribution is 7.15. The van der Waals surface area contributed by atoms with E-state index in [2.05, 4.69) is 15.2 Å². The number of nitrogens with one attached hydrogen (secondary N) is 1. The Bertz CT molecular complexity index is 790. The van der Waals surface area contributed by atoms with Crippen molar-refractivity contribution >= 4 is 28.7 Å². The number of thiazole rings is 1. The van der Waals surface area contributed by atoms with Crippen LogP contribution in [-0.4, -0.2) is 70.7 Å². The van der Waals surface area contributed by atoms with E-state index in [-0.39, 0.29) is 24.5 Å². The summed E-state index contributed by atoms with van der Waals surface area (Å²) in [5.41, 5.74) is -0.0986. The predicted octanol–water partition coefficient (Wildman–Crippen LogP) is -0.0943. The van der Waals surface area contributed by atoms with Gasteiger partial charge in [-0.3, -0.25) is 18.8 Å². The smallest absolute Gasteiger partial charge is 0.290 e. The Morgan fingerprint density at radius 3 is 2.96 bits per heavy atom. The van der Waals surface area contributed by atoms with Crippen molar-refractivity contribution in [2.75, 3.05) is 26.7 Å². The molecule has 1 aliphatic rings. The van der Waals surface area contributed by atoms with Crippen LogP contribution in [-0.2, 0) is 9.53 Å². The number of fused-ring (bicyclic) bond motifs is 1. The Hall–Kier alpha value is -2.30. The fourth-order valence-corrected chi connectivity index (χ4v) is 3.47. The van der Waals surface area contributed by atoms with E-state index in [1.165, 1.54) is 17.4 Å². The van der Waals surface area contributed by atoms with Crippen molar-refractivity contribution in [3.05, 3.63) is 33.7 Å². The van der Waals surface area contributed by atoms with E-state index in [9.17, 15) is 9.59 Å². The van der Waals surface area contributed by atoms with Crippen LogP contribution < -0.4 is 10.9 Å². The van der Waals surface area contributed by atoms with Crippen LogP contribution in [0.1, 0.15) is 17.4 Å². The number of carboxylic acid groups (broad SMARTS) is 1. The van der Waals surface area contributed by atoms with Gasteiger partial charge < -0.3 is 20.1 Å². The number of ether oxygens (including phenoxy) is 1. The highest BCUT2D eigenvalue weighted by atomic mass is 32.1. The minimum absolute atomic E-state index is 0.0320. The number of carbonyl (C=O) groups excluding carboxylic acids is 1. The number of rotatable bonds is 4. The summed E-state index contributed by atoms with van der Waals surface area (Å²) in [6.45, 7) is 3.80. The third kappa shape index (κ3) is 4.62. The standard InChI is InChI=1S/C14H18N4O3S.CH2O2/c1-3-21-11-8-17(2)7-9(11)15-13(20)10-6-12(19)16-14-18(10)4-5-22-14;2-1-3/h4-6,9,11H,3,7-8H2,1-2H3,(H,15,20);1H,(H,2,3)/t9-,11-;/m0./s1. The maximum absolute atomic E-state index is 12.6. The van der Waals surface area contributed by atoms with Gasteiger partial charge in [0.1, 0.15) is 5.69 Å². The quantitative estimate of drug-likeness (QED) is 0.725. The predicted molar refractivity (Wildman–Crippen MR) is 92.2 cm³/mol. The molecule has 0 aliphatic carbocycles. The van der Waals surface area contributed by atoms with Gasteiger partial charge in [0.25, 0.3) is 17.9 Å². The average Bonchev–Trinajstić information content (AvgIpc) is 3.14. The number of nitrogens with zero attached hydrogens (tertiary/aromatic N) is 3. The first-order valence-electron chi connectivity index (χ1n) is 7.65. The van der Waals surface area contributed by atoms with Crippen LogP contribution in [0.4, 0.5) is 0 Å². The second-order valence-electron chi connectivity index (χ2n) is 5.44. The number of amides is 1. The van der Waals surface area contributed by atoms with Crippen LogP contribution in [0.5, 0.6) is 0 Å². The number of likely N-dealkylation sites (N-methyl/N-ethyl adjacent to an activating group) is 1. The third-order valence-electron chi connectivity index (χ3n) is 3.69. The zero-order chi connectivity index (χ0) is 18.4. The van der Waals surface area contributed by atoms with E-state index in [1.54, 1.807) is 16.0 Å². The van der Waals surface area contributed by atoms with Crippen molar-refractivity contribution in [2.45, 2.75) is 19.1 Å². The molecule has 3 rings (SSSR count). The Labute approximate surface area is 147 Å². The molecule has 0 bridgehead atoms. The summed E-state index contributed by atoms with van der Waals surface area (Å²) in [5.74, 6) is -0.280. The van der Waals surface area contributed by atoms with Crippen molar-refractivity contribution in [2.24, 2.45) is 0 Å². The fraction of sp³-hybridized carbons (Fsp3) is 0.467. The third-order valence-corrected chi connectivity index (χ3v) is 4.45. The minimum Gasteiger partial charge on any atom is -0.483 e. The van der Waals surface area contributed by atoms with Crippen molar-refractivity contribution in [3.63, 3.8) is 0 Å². The van der Waals surface area contributed by atoms with Crippen LogP contribution in [0, 0.1) is 0 Å². The molecule has 9 nitrogen and oxygen atoms in total. The highest BCUT2D eigenvalue weighted by Gasteiger charge is 2.33. The van der Waals surface area contributed by atoms with Gasteiger partial charge in [0.05, 0.1) is 12.1 Å². The molecule has 0 unspecified atom stereocenters. The first kappa shape index (κ1) is 19.0. The van der Waals surface area contributed by atoms with Gasteiger partial charge >= 0.3 is 0 Å². The van der Waals surface area contributed by atoms with Crippen molar-refractivity contribution in [1.82, 2.24) is 19.6 Å². The molecule has 1 fully saturated rings. The van der Waals surface area contributed by atoms with Gasteiger partial charge in [-0.25, -0.2) is 0 Å². The molecule has 1 saturated heterocycles. The molecule has 10 heteroatoms. The largest absolute Gasteiger partial charge is 0.483 e. The van der Waals surface area contributed by atoms with Gasteiger partial charge in [0, 0.05) is 37.3 Å². The van der Waals surface area contributed by atoms with Gasteiger partial charge in [-0.15, -0.1) is 11.3 Å². The normalized spacial score (nSPS) is 20.1. The second-order valence-corrected chi connectivity index (χ2v) is 6.31. The molecule has 2 aromatic rings. The molecule has 0 aromatic carbocycles. The SMILES string of the molecule is CCO[C@H]1CN(C)C[C@@H]1NC(=O)c1cc(=O)nc2sccn12.O=CO. The Morgan fingerprint density at radius 2 is 2.28 bits per heavy atom. The van der Waals surface area contributed by atoms with E-state index >= 15 is 0 Å². The molecule has 136 valence electrons. The Balaban J connectivity index is 0.000000701. The van der Waals surface area contributed by atoms with Gasteiger partial charge in [-0.1, -0.05) is 0 Å². The van der Waals surface area contributed by atoms with Gasteiger partial charge in [0.15, 0.2) is 4.96 Å².